The number of pyridine rings is 1. The van der Waals surface area contributed by atoms with Crippen LogP contribution in [0.1, 0.15) is 26.3 Å². The molecule has 0 atom stereocenters. The molecule has 0 aliphatic rings. The van der Waals surface area contributed by atoms with Crippen LogP contribution in [0.25, 0.3) is 0 Å². The maximum Gasteiger partial charge on any atom is 0.336 e. The lowest BCUT2D eigenvalue weighted by Crippen LogP contribution is -2.16. The SMILES string of the molecule is Cc1cncc(NC(=O)c2ccccc2C(=O)O)c1. The molecule has 0 saturated heterocycles. The number of carboxylic acid groups (broad SMARTS) is 1. The Balaban J connectivity index is 2.28. The molecule has 2 rings (SSSR count). The van der Waals surface area contributed by atoms with Crippen LogP contribution in [-0.2, 0) is 0 Å². The van der Waals surface area contributed by atoms with Gasteiger partial charge in [0.15, 0.2) is 0 Å². The van der Waals surface area contributed by atoms with E-state index in [0.29, 0.717) is 5.69 Å². The second kappa shape index (κ2) is 5.30. The number of aryl methyl sites for hydroxylation is 1. The van der Waals surface area contributed by atoms with Crippen LogP contribution in [0.2, 0.25) is 0 Å². The van der Waals surface area contributed by atoms with Crippen LogP contribution in [-0.4, -0.2) is 22.0 Å². The maximum absolute atomic E-state index is 12.0. The van der Waals surface area contributed by atoms with Crippen LogP contribution in [0, 0.1) is 6.92 Å². The van der Waals surface area contributed by atoms with Crippen LogP contribution in [0.5, 0.6) is 0 Å². The summed E-state index contributed by atoms with van der Waals surface area (Å²) in [6.07, 6.45) is 3.18. The first-order valence-corrected chi connectivity index (χ1v) is 5.63. The van der Waals surface area contributed by atoms with Crippen molar-refractivity contribution in [3.8, 4) is 0 Å². The van der Waals surface area contributed by atoms with E-state index in [-0.39, 0.29) is 11.1 Å². The molecule has 1 amide bonds. The van der Waals surface area contributed by atoms with Gasteiger partial charge in [-0.1, -0.05) is 12.1 Å². The number of aromatic nitrogens is 1. The zero-order chi connectivity index (χ0) is 13.8. The molecule has 0 saturated carbocycles. The average Bonchev–Trinajstić information content (AvgIpc) is 2.38. The molecule has 5 heteroatoms. The Kier molecular flexibility index (Phi) is 3.56. The minimum atomic E-state index is -1.13. The lowest BCUT2D eigenvalue weighted by molar-refractivity contribution is 0.0692. The van der Waals surface area contributed by atoms with E-state index in [1.165, 1.54) is 18.3 Å². The Morgan fingerprint density at radius 1 is 1.16 bits per heavy atom. The molecule has 2 aromatic rings. The van der Waals surface area contributed by atoms with E-state index in [1.54, 1.807) is 24.4 Å². The van der Waals surface area contributed by atoms with E-state index < -0.39 is 11.9 Å². The van der Waals surface area contributed by atoms with Gasteiger partial charge in [-0.2, -0.15) is 0 Å². The fraction of sp³-hybridized carbons (Fsp3) is 0.0714. The van der Waals surface area contributed by atoms with E-state index >= 15 is 0 Å². The molecule has 1 aromatic heterocycles. The predicted octanol–water partition coefficient (Wildman–Crippen LogP) is 2.34. The van der Waals surface area contributed by atoms with Gasteiger partial charge in [0.05, 0.1) is 23.0 Å². The van der Waals surface area contributed by atoms with Crippen molar-refractivity contribution in [2.75, 3.05) is 5.32 Å². The van der Waals surface area contributed by atoms with Gasteiger partial charge < -0.3 is 10.4 Å². The second-order valence-electron chi connectivity index (χ2n) is 4.06. The lowest BCUT2D eigenvalue weighted by atomic mass is 10.1. The predicted molar refractivity (Wildman–Crippen MR) is 70.3 cm³/mol. The number of hydrogen-bond acceptors (Lipinski definition) is 3. The quantitative estimate of drug-likeness (QED) is 0.883. The standard InChI is InChI=1S/C14H12N2O3/c1-9-6-10(8-15-7-9)16-13(17)11-4-2-3-5-12(11)14(18)19/h2-8H,1H3,(H,16,17)(H,18,19). The number of rotatable bonds is 3. The minimum Gasteiger partial charge on any atom is -0.478 e. The molecule has 1 heterocycles. The molecule has 0 aliphatic carbocycles. The molecule has 0 bridgehead atoms. The summed E-state index contributed by atoms with van der Waals surface area (Å²) in [6, 6.07) is 7.83. The Hall–Kier alpha value is -2.69. The summed E-state index contributed by atoms with van der Waals surface area (Å²) in [5.41, 5.74) is 1.53. The van der Waals surface area contributed by atoms with Gasteiger partial charge in [0.25, 0.3) is 5.91 Å². The van der Waals surface area contributed by atoms with E-state index in [1.807, 2.05) is 6.92 Å². The van der Waals surface area contributed by atoms with Crippen molar-refractivity contribution < 1.29 is 14.7 Å². The van der Waals surface area contributed by atoms with Gasteiger partial charge in [-0.05, 0) is 30.7 Å². The Labute approximate surface area is 109 Å². The van der Waals surface area contributed by atoms with E-state index in [9.17, 15) is 9.59 Å². The summed E-state index contributed by atoms with van der Waals surface area (Å²) in [7, 11) is 0. The molecule has 0 aliphatic heterocycles. The number of amides is 1. The molecule has 0 unspecified atom stereocenters. The molecule has 1 aromatic carbocycles. The van der Waals surface area contributed by atoms with Crippen LogP contribution in [0.3, 0.4) is 0 Å². The van der Waals surface area contributed by atoms with Gasteiger partial charge in [-0.3, -0.25) is 9.78 Å². The highest BCUT2D eigenvalue weighted by Gasteiger charge is 2.15. The number of nitrogens with zero attached hydrogens (tertiary/aromatic N) is 1. The van der Waals surface area contributed by atoms with Crippen molar-refractivity contribution in [3.63, 3.8) is 0 Å². The summed E-state index contributed by atoms with van der Waals surface area (Å²) >= 11 is 0. The van der Waals surface area contributed by atoms with E-state index in [2.05, 4.69) is 10.3 Å². The maximum atomic E-state index is 12.0. The highest BCUT2D eigenvalue weighted by molar-refractivity contribution is 6.10. The van der Waals surface area contributed by atoms with Gasteiger partial charge in [-0.15, -0.1) is 0 Å². The van der Waals surface area contributed by atoms with Crippen molar-refractivity contribution in [2.45, 2.75) is 6.92 Å². The number of hydrogen-bond donors (Lipinski definition) is 2. The molecule has 0 spiro atoms. The van der Waals surface area contributed by atoms with Crippen molar-refractivity contribution in [1.82, 2.24) is 4.98 Å². The highest BCUT2D eigenvalue weighted by atomic mass is 16.4. The third-order valence-corrected chi connectivity index (χ3v) is 2.53. The third-order valence-electron chi connectivity index (χ3n) is 2.53. The molecule has 2 N–H and O–H groups in total. The van der Waals surface area contributed by atoms with Crippen molar-refractivity contribution in [2.24, 2.45) is 0 Å². The molecule has 0 radical (unpaired) electrons. The van der Waals surface area contributed by atoms with Crippen molar-refractivity contribution in [1.29, 1.82) is 0 Å². The zero-order valence-electron chi connectivity index (χ0n) is 10.3. The summed E-state index contributed by atoms with van der Waals surface area (Å²) in [6.45, 7) is 1.86. The number of carbonyl (C=O) groups excluding carboxylic acids is 1. The van der Waals surface area contributed by atoms with Crippen LogP contribution in [0.4, 0.5) is 5.69 Å². The van der Waals surface area contributed by atoms with Crippen molar-refractivity contribution in [3.05, 3.63) is 59.4 Å². The first-order chi connectivity index (χ1) is 9.08. The number of anilines is 1. The summed E-state index contributed by atoms with van der Waals surface area (Å²) in [4.78, 5) is 27.0. The summed E-state index contributed by atoms with van der Waals surface area (Å²) < 4.78 is 0. The first kappa shape index (κ1) is 12.8. The molecule has 19 heavy (non-hydrogen) atoms. The van der Waals surface area contributed by atoms with Gasteiger partial charge in [0.2, 0.25) is 0 Å². The van der Waals surface area contributed by atoms with E-state index in [0.717, 1.165) is 5.56 Å². The van der Waals surface area contributed by atoms with Gasteiger partial charge in [0, 0.05) is 6.20 Å². The lowest BCUT2D eigenvalue weighted by Gasteiger charge is -2.07. The highest BCUT2D eigenvalue weighted by Crippen LogP contribution is 2.13. The molecule has 5 nitrogen and oxygen atoms in total. The third kappa shape index (κ3) is 2.95. The number of aromatic carboxylic acids is 1. The second-order valence-corrected chi connectivity index (χ2v) is 4.06. The number of carboxylic acids is 1. The molecule has 96 valence electrons. The first-order valence-electron chi connectivity index (χ1n) is 5.63. The molecular formula is C14H12N2O3. The fourth-order valence-corrected chi connectivity index (χ4v) is 1.69. The Morgan fingerprint density at radius 3 is 2.47 bits per heavy atom. The van der Waals surface area contributed by atoms with Crippen LogP contribution in [0.15, 0.2) is 42.7 Å². The van der Waals surface area contributed by atoms with Gasteiger partial charge >= 0.3 is 5.97 Å². The monoisotopic (exact) mass is 256 g/mol. The molecule has 0 fully saturated rings. The minimum absolute atomic E-state index is 0.0272. The summed E-state index contributed by atoms with van der Waals surface area (Å²) in [5.74, 6) is -1.60. The van der Waals surface area contributed by atoms with Crippen LogP contribution < -0.4 is 5.32 Å². The number of nitrogens with one attached hydrogen (secondary N) is 1. The number of carbonyl (C=O) groups is 2. The smallest absolute Gasteiger partial charge is 0.336 e. The van der Waals surface area contributed by atoms with E-state index in [4.69, 9.17) is 5.11 Å². The van der Waals surface area contributed by atoms with Crippen LogP contribution >= 0.6 is 0 Å². The fourth-order valence-electron chi connectivity index (χ4n) is 1.69. The topological polar surface area (TPSA) is 79.3 Å². The Morgan fingerprint density at radius 2 is 1.84 bits per heavy atom. The average molecular weight is 256 g/mol. The summed E-state index contributed by atoms with van der Waals surface area (Å²) in [5, 5.41) is 11.7. The van der Waals surface area contributed by atoms with Gasteiger partial charge in [-0.25, -0.2) is 4.79 Å². The largest absolute Gasteiger partial charge is 0.478 e. The zero-order valence-corrected chi connectivity index (χ0v) is 10.3. The van der Waals surface area contributed by atoms with Crippen molar-refractivity contribution >= 4 is 17.6 Å². The molecular weight excluding hydrogens is 244 g/mol. The Bertz CT molecular complexity index is 638. The normalized spacial score (nSPS) is 9.95. The van der Waals surface area contributed by atoms with Gasteiger partial charge in [0.1, 0.15) is 0 Å². The number of benzene rings is 1.